The Balaban J connectivity index is 1.85. The van der Waals surface area contributed by atoms with Crippen molar-refractivity contribution in [2.24, 2.45) is 0 Å². The second kappa shape index (κ2) is 11.3. The number of ether oxygens (including phenoxy) is 3. The second-order valence-electron chi connectivity index (χ2n) is 9.09. The predicted octanol–water partition coefficient (Wildman–Crippen LogP) is 5.21. The van der Waals surface area contributed by atoms with Crippen molar-refractivity contribution in [2.75, 3.05) is 13.7 Å². The third kappa shape index (κ3) is 5.29. The first kappa shape index (κ1) is 26.6. The lowest BCUT2D eigenvalue weighted by Gasteiger charge is -2.26. The summed E-state index contributed by atoms with van der Waals surface area (Å²) >= 11 is 0. The van der Waals surface area contributed by atoms with Crippen molar-refractivity contribution in [2.45, 2.75) is 39.5 Å². The highest BCUT2D eigenvalue weighted by Crippen LogP contribution is 2.43. The molecule has 0 radical (unpaired) electrons. The topological polar surface area (TPSA) is 106 Å². The summed E-state index contributed by atoms with van der Waals surface area (Å²) in [4.78, 5) is 28.2. The summed E-state index contributed by atoms with van der Waals surface area (Å²) in [5.41, 5.74) is 1.50. The van der Waals surface area contributed by atoms with Crippen LogP contribution in [0.25, 0.3) is 5.76 Å². The fourth-order valence-electron chi connectivity index (χ4n) is 4.50. The van der Waals surface area contributed by atoms with E-state index in [9.17, 15) is 19.8 Å². The number of rotatable bonds is 9. The lowest BCUT2D eigenvalue weighted by molar-refractivity contribution is -0.140. The van der Waals surface area contributed by atoms with Crippen molar-refractivity contribution in [3.05, 3.63) is 89.0 Å². The summed E-state index contributed by atoms with van der Waals surface area (Å²) < 4.78 is 16.7. The summed E-state index contributed by atoms with van der Waals surface area (Å²) in [6, 6.07) is 17.6. The van der Waals surface area contributed by atoms with Gasteiger partial charge >= 0.3 is 0 Å². The van der Waals surface area contributed by atoms with Gasteiger partial charge in [0, 0.05) is 11.1 Å². The van der Waals surface area contributed by atoms with Crippen molar-refractivity contribution >= 4 is 17.4 Å². The monoisotopic (exact) mass is 517 g/mol. The number of benzene rings is 3. The first-order valence-corrected chi connectivity index (χ1v) is 12.4. The average molecular weight is 518 g/mol. The molecule has 1 fully saturated rings. The Labute approximate surface area is 221 Å². The molecular weight excluding hydrogens is 486 g/mol. The van der Waals surface area contributed by atoms with Gasteiger partial charge in [0.05, 0.1) is 38.0 Å². The van der Waals surface area contributed by atoms with Crippen molar-refractivity contribution < 1.29 is 34.0 Å². The summed E-state index contributed by atoms with van der Waals surface area (Å²) in [5.74, 6) is -0.553. The van der Waals surface area contributed by atoms with E-state index in [1.165, 1.54) is 18.1 Å². The van der Waals surface area contributed by atoms with Crippen molar-refractivity contribution in [1.82, 2.24) is 4.90 Å². The molecule has 1 unspecified atom stereocenters. The summed E-state index contributed by atoms with van der Waals surface area (Å²) in [5, 5.41) is 21.6. The van der Waals surface area contributed by atoms with Crippen LogP contribution in [-0.4, -0.2) is 46.6 Å². The molecule has 0 aromatic heterocycles. The maximum atomic E-state index is 13.4. The van der Waals surface area contributed by atoms with Gasteiger partial charge in [-0.3, -0.25) is 9.59 Å². The molecule has 8 heteroatoms. The smallest absolute Gasteiger partial charge is 0.295 e. The van der Waals surface area contributed by atoms with Crippen LogP contribution in [0, 0.1) is 0 Å². The number of amides is 1. The van der Waals surface area contributed by atoms with Gasteiger partial charge in [-0.1, -0.05) is 24.3 Å². The van der Waals surface area contributed by atoms with E-state index in [0.29, 0.717) is 34.8 Å². The number of methoxy groups -OCH3 is 1. The molecule has 3 aromatic rings. The van der Waals surface area contributed by atoms with Crippen LogP contribution in [0.4, 0.5) is 0 Å². The molecule has 1 amide bonds. The number of likely N-dealkylation sites (tertiary alicyclic amines) is 1. The van der Waals surface area contributed by atoms with Crippen LogP contribution in [0.2, 0.25) is 0 Å². The number of ketones is 1. The number of carbonyl (C=O) groups excluding carboxylic acids is 2. The van der Waals surface area contributed by atoms with E-state index in [0.717, 1.165) is 0 Å². The van der Waals surface area contributed by atoms with Crippen LogP contribution in [0.3, 0.4) is 0 Å². The normalized spacial score (nSPS) is 16.7. The molecule has 0 aliphatic carbocycles. The van der Waals surface area contributed by atoms with Gasteiger partial charge in [-0.25, -0.2) is 0 Å². The predicted molar refractivity (Wildman–Crippen MR) is 142 cm³/mol. The van der Waals surface area contributed by atoms with Gasteiger partial charge in [0.25, 0.3) is 11.7 Å². The molecule has 0 spiro atoms. The van der Waals surface area contributed by atoms with Gasteiger partial charge in [-0.2, -0.15) is 0 Å². The average Bonchev–Trinajstić information content (AvgIpc) is 3.15. The number of phenolic OH excluding ortho intramolecular Hbond substituents is 1. The highest BCUT2D eigenvalue weighted by Gasteiger charge is 2.46. The van der Waals surface area contributed by atoms with E-state index in [-0.39, 0.29) is 35.5 Å². The van der Waals surface area contributed by atoms with Gasteiger partial charge < -0.3 is 29.3 Å². The van der Waals surface area contributed by atoms with Crippen molar-refractivity contribution in [3.8, 4) is 23.0 Å². The molecule has 1 heterocycles. The summed E-state index contributed by atoms with van der Waals surface area (Å²) in [6.07, 6.45) is -0.0243. The van der Waals surface area contributed by atoms with Crippen LogP contribution in [-0.2, 0) is 16.1 Å². The van der Waals surface area contributed by atoms with Gasteiger partial charge in [-0.05, 0) is 68.8 Å². The zero-order valence-corrected chi connectivity index (χ0v) is 21.8. The lowest BCUT2D eigenvalue weighted by Crippen LogP contribution is -2.29. The quantitative estimate of drug-likeness (QED) is 0.228. The number of phenols is 1. The maximum Gasteiger partial charge on any atom is 0.295 e. The van der Waals surface area contributed by atoms with Gasteiger partial charge in [0.1, 0.15) is 17.3 Å². The Bertz CT molecular complexity index is 1360. The van der Waals surface area contributed by atoms with Gasteiger partial charge in [0.15, 0.2) is 11.5 Å². The third-order valence-corrected chi connectivity index (χ3v) is 6.17. The number of hydrogen-bond acceptors (Lipinski definition) is 7. The fourth-order valence-corrected chi connectivity index (χ4v) is 4.50. The number of para-hydroxylation sites is 1. The molecule has 1 aliphatic heterocycles. The van der Waals surface area contributed by atoms with Crippen molar-refractivity contribution in [3.63, 3.8) is 0 Å². The third-order valence-electron chi connectivity index (χ3n) is 6.17. The molecule has 198 valence electrons. The number of aliphatic hydroxyl groups is 1. The van der Waals surface area contributed by atoms with Crippen LogP contribution >= 0.6 is 0 Å². The Morgan fingerprint density at radius 3 is 2.37 bits per heavy atom. The molecular formula is C30H31NO7. The highest BCUT2D eigenvalue weighted by atomic mass is 16.5. The minimum atomic E-state index is -0.939. The Kier molecular flexibility index (Phi) is 7.90. The standard InChI is InChI=1S/C30H31NO7/c1-5-37-25-16-20(12-15-23(25)32)27-26(28(33)19-10-13-22(14-11-19)38-18(2)3)29(34)30(35)31(27)17-21-8-6-7-9-24(21)36-4/h6-16,18,27,32-33H,5,17H2,1-4H3/b28-26-. The van der Waals surface area contributed by atoms with E-state index in [4.69, 9.17) is 14.2 Å². The summed E-state index contributed by atoms with van der Waals surface area (Å²) in [7, 11) is 1.53. The highest BCUT2D eigenvalue weighted by molar-refractivity contribution is 6.46. The lowest BCUT2D eigenvalue weighted by atomic mass is 9.94. The number of Topliss-reactive ketones (excluding diaryl/α,β-unsaturated/α-hetero) is 1. The van der Waals surface area contributed by atoms with Crippen LogP contribution < -0.4 is 14.2 Å². The minimum absolute atomic E-state index is 0.0243. The molecule has 1 saturated heterocycles. The van der Waals surface area contributed by atoms with E-state index in [2.05, 4.69) is 0 Å². The number of aliphatic hydroxyl groups excluding tert-OH is 1. The largest absolute Gasteiger partial charge is 0.507 e. The van der Waals surface area contributed by atoms with Crippen LogP contribution in [0.1, 0.15) is 43.5 Å². The Morgan fingerprint density at radius 1 is 1.00 bits per heavy atom. The van der Waals surface area contributed by atoms with Crippen LogP contribution in [0.5, 0.6) is 23.0 Å². The molecule has 3 aromatic carbocycles. The van der Waals surface area contributed by atoms with Gasteiger partial charge in [-0.15, -0.1) is 0 Å². The Morgan fingerprint density at radius 2 is 1.71 bits per heavy atom. The van der Waals surface area contributed by atoms with Crippen molar-refractivity contribution in [1.29, 1.82) is 0 Å². The zero-order valence-electron chi connectivity index (χ0n) is 21.8. The second-order valence-corrected chi connectivity index (χ2v) is 9.09. The molecule has 2 N–H and O–H groups in total. The fraction of sp³-hybridized carbons (Fsp3) is 0.267. The molecule has 0 bridgehead atoms. The first-order chi connectivity index (χ1) is 18.2. The number of nitrogens with zero attached hydrogens (tertiary/aromatic N) is 1. The van der Waals surface area contributed by atoms with E-state index in [1.807, 2.05) is 32.0 Å². The molecule has 1 atom stereocenters. The SMILES string of the molecule is CCOc1cc(C2/C(=C(/O)c3ccc(OC(C)C)cc3)C(=O)C(=O)N2Cc2ccccc2OC)ccc1O. The zero-order chi connectivity index (χ0) is 27.4. The first-order valence-electron chi connectivity index (χ1n) is 12.4. The molecule has 38 heavy (non-hydrogen) atoms. The number of carbonyl (C=O) groups is 2. The van der Waals surface area contributed by atoms with E-state index in [1.54, 1.807) is 49.4 Å². The molecule has 4 rings (SSSR count). The molecule has 1 aliphatic rings. The van der Waals surface area contributed by atoms with Crippen LogP contribution in [0.15, 0.2) is 72.3 Å². The van der Waals surface area contributed by atoms with E-state index >= 15 is 0 Å². The number of hydrogen-bond donors (Lipinski definition) is 2. The summed E-state index contributed by atoms with van der Waals surface area (Å²) in [6.45, 7) is 5.97. The van der Waals surface area contributed by atoms with Gasteiger partial charge in [0.2, 0.25) is 0 Å². The number of aromatic hydroxyl groups is 1. The minimum Gasteiger partial charge on any atom is -0.507 e. The van der Waals surface area contributed by atoms with E-state index < -0.39 is 17.7 Å². The Hall–Kier alpha value is -4.46. The molecule has 0 saturated carbocycles. The maximum absolute atomic E-state index is 13.4. The molecule has 8 nitrogen and oxygen atoms in total.